The molecule has 128 valence electrons. The number of hydrazine groups is 1. The standard InChI is InChI=1S/C18H27F2N3/c1-12(2)15-9-21-22-18(15)14-4-3-7-23(11-14)10-13-5-6-16(19)17(20)8-13/h5-6,8,12,14-15,18,21-22H,3-4,7,9-11H2,1-2H3. The number of nitrogens with zero attached hydrogens (tertiary/aromatic N) is 1. The zero-order valence-electron chi connectivity index (χ0n) is 14.0. The van der Waals surface area contributed by atoms with Gasteiger partial charge in [-0.1, -0.05) is 19.9 Å². The molecule has 0 amide bonds. The van der Waals surface area contributed by atoms with Crippen LogP contribution in [0.5, 0.6) is 0 Å². The van der Waals surface area contributed by atoms with Gasteiger partial charge in [-0.2, -0.15) is 0 Å². The summed E-state index contributed by atoms with van der Waals surface area (Å²) in [6.45, 7) is 8.34. The van der Waals surface area contributed by atoms with Gasteiger partial charge in [-0.15, -0.1) is 0 Å². The Labute approximate surface area is 137 Å². The van der Waals surface area contributed by atoms with E-state index in [1.54, 1.807) is 6.07 Å². The van der Waals surface area contributed by atoms with Crippen LogP contribution in [0, 0.1) is 29.4 Å². The second kappa shape index (κ2) is 7.24. The van der Waals surface area contributed by atoms with E-state index in [1.165, 1.54) is 18.6 Å². The lowest BCUT2D eigenvalue weighted by Gasteiger charge is -2.38. The third-order valence-corrected chi connectivity index (χ3v) is 5.36. The van der Waals surface area contributed by atoms with Crippen molar-refractivity contribution >= 4 is 0 Å². The molecule has 0 aromatic heterocycles. The van der Waals surface area contributed by atoms with E-state index in [9.17, 15) is 8.78 Å². The molecule has 2 heterocycles. The maximum Gasteiger partial charge on any atom is 0.159 e. The predicted molar refractivity (Wildman–Crippen MR) is 87.6 cm³/mol. The number of halogens is 2. The third-order valence-electron chi connectivity index (χ3n) is 5.36. The minimum absolute atomic E-state index is 0.503. The van der Waals surface area contributed by atoms with Crippen molar-refractivity contribution in [1.29, 1.82) is 0 Å². The van der Waals surface area contributed by atoms with Gasteiger partial charge in [0, 0.05) is 25.7 Å². The monoisotopic (exact) mass is 323 g/mol. The van der Waals surface area contributed by atoms with E-state index in [2.05, 4.69) is 29.6 Å². The summed E-state index contributed by atoms with van der Waals surface area (Å²) in [6.07, 6.45) is 2.40. The van der Waals surface area contributed by atoms with E-state index in [4.69, 9.17) is 0 Å². The van der Waals surface area contributed by atoms with E-state index in [-0.39, 0.29) is 0 Å². The van der Waals surface area contributed by atoms with Crippen LogP contribution < -0.4 is 10.9 Å². The van der Waals surface area contributed by atoms with Crippen LogP contribution in [0.3, 0.4) is 0 Å². The van der Waals surface area contributed by atoms with Gasteiger partial charge in [0.15, 0.2) is 11.6 Å². The normalized spacial score (nSPS) is 29.3. The van der Waals surface area contributed by atoms with Crippen LogP contribution in [-0.2, 0) is 6.54 Å². The van der Waals surface area contributed by atoms with E-state index in [0.717, 1.165) is 31.6 Å². The number of likely N-dealkylation sites (tertiary alicyclic amines) is 1. The van der Waals surface area contributed by atoms with Gasteiger partial charge in [0.05, 0.1) is 0 Å². The Morgan fingerprint density at radius 1 is 1.26 bits per heavy atom. The van der Waals surface area contributed by atoms with Crippen LogP contribution >= 0.6 is 0 Å². The van der Waals surface area contributed by atoms with Crippen molar-refractivity contribution in [3.05, 3.63) is 35.4 Å². The van der Waals surface area contributed by atoms with Crippen molar-refractivity contribution < 1.29 is 8.78 Å². The van der Waals surface area contributed by atoms with Crippen molar-refractivity contribution in [2.45, 2.75) is 39.3 Å². The number of rotatable bonds is 4. The van der Waals surface area contributed by atoms with E-state index < -0.39 is 11.6 Å². The molecule has 1 aromatic rings. The zero-order valence-corrected chi connectivity index (χ0v) is 14.0. The molecule has 2 aliphatic heterocycles. The summed E-state index contributed by atoms with van der Waals surface area (Å²) in [4.78, 5) is 2.37. The summed E-state index contributed by atoms with van der Waals surface area (Å²) >= 11 is 0. The smallest absolute Gasteiger partial charge is 0.159 e. The maximum absolute atomic E-state index is 13.4. The van der Waals surface area contributed by atoms with Crippen molar-refractivity contribution in [2.24, 2.45) is 17.8 Å². The fourth-order valence-corrected chi connectivity index (χ4v) is 4.07. The Morgan fingerprint density at radius 3 is 2.83 bits per heavy atom. The lowest BCUT2D eigenvalue weighted by Crippen LogP contribution is -2.47. The predicted octanol–water partition coefficient (Wildman–Crippen LogP) is 2.93. The van der Waals surface area contributed by atoms with Crippen molar-refractivity contribution in [1.82, 2.24) is 15.8 Å². The molecule has 2 saturated heterocycles. The first kappa shape index (κ1) is 16.8. The summed E-state index contributed by atoms with van der Waals surface area (Å²) < 4.78 is 26.4. The third kappa shape index (κ3) is 3.90. The minimum atomic E-state index is -0.772. The van der Waals surface area contributed by atoms with Gasteiger partial charge in [-0.05, 0) is 54.8 Å². The number of nitrogens with one attached hydrogen (secondary N) is 2. The molecular weight excluding hydrogens is 296 g/mol. The molecule has 0 radical (unpaired) electrons. The molecule has 23 heavy (non-hydrogen) atoms. The Balaban J connectivity index is 1.62. The molecule has 3 unspecified atom stereocenters. The van der Waals surface area contributed by atoms with Crippen LogP contribution in [0.15, 0.2) is 18.2 Å². The average Bonchev–Trinajstić information content (AvgIpc) is 3.01. The molecule has 3 atom stereocenters. The Kier molecular flexibility index (Phi) is 5.29. The molecular formula is C18H27F2N3. The lowest BCUT2D eigenvalue weighted by atomic mass is 9.79. The fourth-order valence-electron chi connectivity index (χ4n) is 4.07. The fraction of sp³-hybridized carbons (Fsp3) is 0.667. The van der Waals surface area contributed by atoms with Crippen molar-refractivity contribution in [3.63, 3.8) is 0 Å². The van der Waals surface area contributed by atoms with Gasteiger partial charge in [-0.25, -0.2) is 8.78 Å². The maximum atomic E-state index is 13.4. The molecule has 2 aliphatic rings. The van der Waals surface area contributed by atoms with Gasteiger partial charge in [0.25, 0.3) is 0 Å². The van der Waals surface area contributed by atoms with Crippen molar-refractivity contribution in [2.75, 3.05) is 19.6 Å². The largest absolute Gasteiger partial charge is 0.299 e. The van der Waals surface area contributed by atoms with Crippen LogP contribution in [0.4, 0.5) is 8.78 Å². The topological polar surface area (TPSA) is 27.3 Å². The number of benzene rings is 1. The second-order valence-corrected chi connectivity index (χ2v) is 7.34. The summed E-state index contributed by atoms with van der Waals surface area (Å²) in [7, 11) is 0. The van der Waals surface area contributed by atoms with E-state index >= 15 is 0 Å². The highest BCUT2D eigenvalue weighted by Gasteiger charge is 2.37. The molecule has 2 fully saturated rings. The zero-order chi connectivity index (χ0) is 16.4. The van der Waals surface area contributed by atoms with Crippen LogP contribution in [0.2, 0.25) is 0 Å². The first-order valence-electron chi connectivity index (χ1n) is 8.69. The second-order valence-electron chi connectivity index (χ2n) is 7.34. The summed E-state index contributed by atoms with van der Waals surface area (Å²) in [5, 5.41) is 0. The van der Waals surface area contributed by atoms with Gasteiger partial charge in [0.1, 0.15) is 0 Å². The molecule has 0 bridgehead atoms. The minimum Gasteiger partial charge on any atom is -0.299 e. The highest BCUT2D eigenvalue weighted by atomic mass is 19.2. The van der Waals surface area contributed by atoms with Gasteiger partial charge in [0.2, 0.25) is 0 Å². The molecule has 0 spiro atoms. The van der Waals surface area contributed by atoms with E-state index in [1.807, 2.05) is 0 Å². The molecule has 3 nitrogen and oxygen atoms in total. The van der Waals surface area contributed by atoms with Crippen LogP contribution in [-0.4, -0.2) is 30.6 Å². The van der Waals surface area contributed by atoms with Crippen LogP contribution in [0.1, 0.15) is 32.3 Å². The highest BCUT2D eigenvalue weighted by Crippen LogP contribution is 2.30. The number of hydrogen-bond donors (Lipinski definition) is 2. The van der Waals surface area contributed by atoms with Gasteiger partial charge < -0.3 is 0 Å². The number of piperidine rings is 1. The SMILES string of the molecule is CC(C)C1CNNC1C1CCCN(Cc2ccc(F)c(F)c2)C1. The summed E-state index contributed by atoms with van der Waals surface area (Å²) in [5.74, 6) is 0.396. The lowest BCUT2D eigenvalue weighted by molar-refractivity contribution is 0.123. The highest BCUT2D eigenvalue weighted by molar-refractivity contribution is 5.17. The Hall–Kier alpha value is -1.04. The molecule has 3 rings (SSSR count). The molecule has 0 saturated carbocycles. The first-order chi connectivity index (χ1) is 11.0. The molecule has 1 aromatic carbocycles. The van der Waals surface area contributed by atoms with Gasteiger partial charge in [-0.3, -0.25) is 15.8 Å². The first-order valence-corrected chi connectivity index (χ1v) is 8.69. The molecule has 2 N–H and O–H groups in total. The van der Waals surface area contributed by atoms with Gasteiger partial charge >= 0.3 is 0 Å². The average molecular weight is 323 g/mol. The quantitative estimate of drug-likeness (QED) is 0.892. The molecule has 0 aliphatic carbocycles. The van der Waals surface area contributed by atoms with Crippen molar-refractivity contribution in [3.8, 4) is 0 Å². The summed E-state index contributed by atoms with van der Waals surface area (Å²) in [6, 6.07) is 4.74. The molecule has 5 heteroatoms. The van der Waals surface area contributed by atoms with E-state index in [0.29, 0.717) is 30.3 Å². The Morgan fingerprint density at radius 2 is 2.09 bits per heavy atom. The Bertz CT molecular complexity index is 535. The summed E-state index contributed by atoms with van der Waals surface area (Å²) in [5.41, 5.74) is 7.64. The number of hydrogen-bond acceptors (Lipinski definition) is 3. The van der Waals surface area contributed by atoms with Crippen LogP contribution in [0.25, 0.3) is 0 Å².